The summed E-state index contributed by atoms with van der Waals surface area (Å²) >= 11 is 0. The summed E-state index contributed by atoms with van der Waals surface area (Å²) < 4.78 is 14.4. The van der Waals surface area contributed by atoms with Gasteiger partial charge in [-0.15, -0.1) is 0 Å². The van der Waals surface area contributed by atoms with E-state index in [2.05, 4.69) is 40.9 Å². The molecular formula is C22H22N4O2. The van der Waals surface area contributed by atoms with Crippen LogP contribution >= 0.6 is 0 Å². The van der Waals surface area contributed by atoms with E-state index in [1.807, 2.05) is 34.9 Å². The van der Waals surface area contributed by atoms with Crippen LogP contribution in [0.1, 0.15) is 32.9 Å². The van der Waals surface area contributed by atoms with E-state index in [0.29, 0.717) is 17.3 Å². The molecule has 28 heavy (non-hydrogen) atoms. The highest BCUT2D eigenvalue weighted by Gasteiger charge is 2.33. The van der Waals surface area contributed by atoms with Gasteiger partial charge >= 0.3 is 0 Å². The molecule has 0 bridgehead atoms. The topological polar surface area (TPSA) is 62.1 Å². The van der Waals surface area contributed by atoms with Gasteiger partial charge in [-0.2, -0.15) is 4.98 Å². The van der Waals surface area contributed by atoms with E-state index in [0.717, 1.165) is 35.0 Å². The highest BCUT2D eigenvalue weighted by Crippen LogP contribution is 2.37. The van der Waals surface area contributed by atoms with Crippen molar-refractivity contribution in [3.63, 3.8) is 0 Å². The molecular weight excluding hydrogens is 352 g/mol. The molecule has 2 aromatic heterocycles. The number of aromatic nitrogens is 4. The van der Waals surface area contributed by atoms with E-state index in [1.165, 1.54) is 6.33 Å². The standard InChI is InChI=1S/C22H22N4O2/c1-3-17-14(2)11-19(27-17)26-13-25-20-21(26)23-12-24-22(20)28-18-10-6-8-15-7-4-5-9-16(15)18/h4-10,12-14,17,19H,3,11H2,1-2H3/t14?,17-,19-/m1/s1. The molecule has 1 aliphatic rings. The van der Waals surface area contributed by atoms with Gasteiger partial charge in [-0.1, -0.05) is 50.2 Å². The van der Waals surface area contributed by atoms with E-state index >= 15 is 0 Å². The average Bonchev–Trinajstić information content (AvgIpc) is 3.32. The Morgan fingerprint density at radius 2 is 1.96 bits per heavy atom. The van der Waals surface area contributed by atoms with Crippen LogP contribution in [0.15, 0.2) is 55.1 Å². The summed E-state index contributed by atoms with van der Waals surface area (Å²) in [5, 5.41) is 2.16. The van der Waals surface area contributed by atoms with Crippen molar-refractivity contribution in [2.24, 2.45) is 5.92 Å². The second-order valence-corrected chi connectivity index (χ2v) is 7.33. The predicted octanol–water partition coefficient (Wildman–Crippen LogP) is 5.11. The maximum absolute atomic E-state index is 6.21. The van der Waals surface area contributed by atoms with Gasteiger partial charge in [0.1, 0.15) is 18.3 Å². The zero-order chi connectivity index (χ0) is 19.1. The summed E-state index contributed by atoms with van der Waals surface area (Å²) in [4.78, 5) is 13.3. The second-order valence-electron chi connectivity index (χ2n) is 7.33. The van der Waals surface area contributed by atoms with Crippen molar-refractivity contribution in [3.8, 4) is 11.6 Å². The molecule has 0 radical (unpaired) electrons. The molecule has 0 N–H and O–H groups in total. The number of hydrogen-bond donors (Lipinski definition) is 0. The fourth-order valence-corrected chi connectivity index (χ4v) is 4.04. The minimum atomic E-state index is -0.0507. The summed E-state index contributed by atoms with van der Waals surface area (Å²) in [6.45, 7) is 4.39. The summed E-state index contributed by atoms with van der Waals surface area (Å²) in [7, 11) is 0. The Labute approximate surface area is 163 Å². The molecule has 1 saturated heterocycles. The van der Waals surface area contributed by atoms with E-state index in [4.69, 9.17) is 9.47 Å². The molecule has 3 heterocycles. The van der Waals surface area contributed by atoms with Crippen LogP contribution in [0.3, 0.4) is 0 Å². The first-order valence-electron chi connectivity index (χ1n) is 9.73. The average molecular weight is 374 g/mol. The second kappa shape index (κ2) is 6.87. The largest absolute Gasteiger partial charge is 0.436 e. The zero-order valence-electron chi connectivity index (χ0n) is 15.9. The Balaban J connectivity index is 1.52. The third-order valence-corrected chi connectivity index (χ3v) is 5.53. The van der Waals surface area contributed by atoms with Crippen LogP contribution < -0.4 is 4.74 Å². The lowest BCUT2D eigenvalue weighted by atomic mass is 10.0. The van der Waals surface area contributed by atoms with Gasteiger partial charge in [-0.25, -0.2) is 9.97 Å². The van der Waals surface area contributed by atoms with Crippen LogP contribution in [0.2, 0.25) is 0 Å². The fourth-order valence-electron chi connectivity index (χ4n) is 4.04. The molecule has 6 nitrogen and oxygen atoms in total. The number of ether oxygens (including phenoxy) is 2. The molecule has 3 atom stereocenters. The molecule has 4 aromatic rings. The Hall–Kier alpha value is -2.99. The van der Waals surface area contributed by atoms with Crippen molar-refractivity contribution in [3.05, 3.63) is 55.1 Å². The van der Waals surface area contributed by atoms with Gasteiger partial charge in [0.15, 0.2) is 11.2 Å². The Morgan fingerprint density at radius 3 is 2.82 bits per heavy atom. The lowest BCUT2D eigenvalue weighted by molar-refractivity contribution is -0.00304. The number of fused-ring (bicyclic) bond motifs is 2. The van der Waals surface area contributed by atoms with E-state index in [-0.39, 0.29) is 12.3 Å². The smallest absolute Gasteiger partial charge is 0.250 e. The lowest BCUT2D eigenvalue weighted by Crippen LogP contribution is -2.12. The molecule has 0 spiro atoms. The highest BCUT2D eigenvalue weighted by molar-refractivity contribution is 5.89. The van der Waals surface area contributed by atoms with Crippen LogP contribution in [0.5, 0.6) is 11.6 Å². The maximum atomic E-state index is 6.21. The monoisotopic (exact) mass is 374 g/mol. The summed E-state index contributed by atoms with van der Waals surface area (Å²) in [6.07, 6.45) is 5.49. The van der Waals surface area contributed by atoms with Gasteiger partial charge in [0.2, 0.25) is 0 Å². The van der Waals surface area contributed by atoms with Gasteiger partial charge in [0.05, 0.1) is 12.4 Å². The predicted molar refractivity (Wildman–Crippen MR) is 107 cm³/mol. The Bertz CT molecular complexity index is 1130. The molecule has 1 unspecified atom stereocenters. The number of nitrogens with zero attached hydrogens (tertiary/aromatic N) is 4. The SMILES string of the molecule is CC[C@H]1O[C@@H](n2cnc3c(Oc4cccc5ccccc45)ncnc32)CC1C. The molecule has 2 aromatic carbocycles. The van der Waals surface area contributed by atoms with Gasteiger partial charge in [0, 0.05) is 5.39 Å². The summed E-state index contributed by atoms with van der Waals surface area (Å²) in [5.41, 5.74) is 1.38. The van der Waals surface area contributed by atoms with Crippen molar-refractivity contribution in [2.75, 3.05) is 0 Å². The third-order valence-electron chi connectivity index (χ3n) is 5.53. The number of hydrogen-bond acceptors (Lipinski definition) is 5. The van der Waals surface area contributed by atoms with Crippen LogP contribution in [-0.2, 0) is 4.74 Å². The van der Waals surface area contributed by atoms with Gasteiger partial charge in [-0.05, 0) is 30.2 Å². The van der Waals surface area contributed by atoms with Crippen LogP contribution in [0.25, 0.3) is 21.9 Å². The molecule has 1 fully saturated rings. The number of rotatable bonds is 4. The van der Waals surface area contributed by atoms with Crippen LogP contribution in [0, 0.1) is 5.92 Å². The molecule has 0 aliphatic carbocycles. The van der Waals surface area contributed by atoms with Crippen molar-refractivity contribution in [2.45, 2.75) is 39.0 Å². The molecule has 142 valence electrons. The van der Waals surface area contributed by atoms with Crippen molar-refractivity contribution >= 4 is 21.9 Å². The Morgan fingerprint density at radius 1 is 1.11 bits per heavy atom. The molecule has 5 rings (SSSR count). The first-order chi connectivity index (χ1) is 13.7. The molecule has 0 saturated carbocycles. The fraction of sp³-hybridized carbons (Fsp3) is 0.318. The Kier molecular flexibility index (Phi) is 4.20. The van der Waals surface area contributed by atoms with Gasteiger partial charge in [0.25, 0.3) is 5.88 Å². The molecule has 1 aliphatic heterocycles. The summed E-state index contributed by atoms with van der Waals surface area (Å²) in [6, 6.07) is 14.1. The van der Waals surface area contributed by atoms with Crippen LogP contribution in [0.4, 0.5) is 0 Å². The van der Waals surface area contributed by atoms with E-state index < -0.39 is 0 Å². The van der Waals surface area contributed by atoms with Crippen molar-refractivity contribution in [1.29, 1.82) is 0 Å². The number of imidazole rings is 1. The van der Waals surface area contributed by atoms with Gasteiger partial charge < -0.3 is 9.47 Å². The first-order valence-corrected chi connectivity index (χ1v) is 9.73. The number of benzene rings is 2. The van der Waals surface area contributed by atoms with E-state index in [1.54, 1.807) is 6.33 Å². The normalized spacial score (nSPS) is 22.1. The minimum Gasteiger partial charge on any atom is -0.436 e. The minimum absolute atomic E-state index is 0.0507. The van der Waals surface area contributed by atoms with E-state index in [9.17, 15) is 0 Å². The highest BCUT2D eigenvalue weighted by atomic mass is 16.5. The van der Waals surface area contributed by atoms with Crippen molar-refractivity contribution in [1.82, 2.24) is 19.5 Å². The molecule has 6 heteroatoms. The lowest BCUT2D eigenvalue weighted by Gasteiger charge is -2.14. The zero-order valence-corrected chi connectivity index (χ0v) is 15.9. The summed E-state index contributed by atoms with van der Waals surface area (Å²) in [5.74, 6) is 1.73. The quantitative estimate of drug-likeness (QED) is 0.497. The maximum Gasteiger partial charge on any atom is 0.250 e. The van der Waals surface area contributed by atoms with Gasteiger partial charge in [-0.3, -0.25) is 4.57 Å². The molecule has 0 amide bonds. The van der Waals surface area contributed by atoms with Crippen molar-refractivity contribution < 1.29 is 9.47 Å². The third kappa shape index (κ3) is 2.81. The van der Waals surface area contributed by atoms with Crippen LogP contribution in [-0.4, -0.2) is 25.6 Å². The first kappa shape index (κ1) is 17.1.